The lowest BCUT2D eigenvalue weighted by molar-refractivity contribution is 0.568. The zero-order valence-corrected chi connectivity index (χ0v) is 8.34. The standard InChI is InChI=1S/C12H10N2O/c1-9-2-3-12-13-11(7-14(12)6-9)10-4-5-15-8-10/h2-8H,1H3. The molecule has 0 radical (unpaired) electrons. The van der Waals surface area contributed by atoms with Crippen molar-refractivity contribution in [3.8, 4) is 11.3 Å². The number of aryl methyl sites for hydroxylation is 1. The summed E-state index contributed by atoms with van der Waals surface area (Å²) in [7, 11) is 0. The highest BCUT2D eigenvalue weighted by Gasteiger charge is 2.04. The van der Waals surface area contributed by atoms with Crippen LogP contribution in [0.2, 0.25) is 0 Å². The number of rotatable bonds is 1. The van der Waals surface area contributed by atoms with Crippen LogP contribution in [0.25, 0.3) is 16.9 Å². The lowest BCUT2D eigenvalue weighted by Gasteiger charge is -1.92. The Morgan fingerprint density at radius 3 is 2.93 bits per heavy atom. The van der Waals surface area contributed by atoms with Gasteiger partial charge in [0.2, 0.25) is 0 Å². The van der Waals surface area contributed by atoms with Gasteiger partial charge >= 0.3 is 0 Å². The minimum absolute atomic E-state index is 0.939. The first-order valence-electron chi connectivity index (χ1n) is 4.81. The van der Waals surface area contributed by atoms with Gasteiger partial charge in [0, 0.05) is 18.0 Å². The number of nitrogens with zero attached hydrogens (tertiary/aromatic N) is 2. The van der Waals surface area contributed by atoms with E-state index in [0.29, 0.717) is 0 Å². The van der Waals surface area contributed by atoms with Crippen molar-refractivity contribution < 1.29 is 4.42 Å². The number of aromatic nitrogens is 2. The van der Waals surface area contributed by atoms with Crippen molar-refractivity contribution >= 4 is 5.65 Å². The Morgan fingerprint density at radius 2 is 2.13 bits per heavy atom. The molecule has 0 aromatic carbocycles. The molecule has 0 aliphatic rings. The maximum Gasteiger partial charge on any atom is 0.137 e. The number of fused-ring (bicyclic) bond motifs is 1. The second-order valence-corrected chi connectivity index (χ2v) is 3.61. The van der Waals surface area contributed by atoms with Gasteiger partial charge in [0.25, 0.3) is 0 Å². The summed E-state index contributed by atoms with van der Waals surface area (Å²) in [6.07, 6.45) is 7.43. The van der Waals surface area contributed by atoms with Gasteiger partial charge in [-0.2, -0.15) is 0 Å². The first-order valence-corrected chi connectivity index (χ1v) is 4.81. The van der Waals surface area contributed by atoms with Gasteiger partial charge in [-0.15, -0.1) is 0 Å². The van der Waals surface area contributed by atoms with Crippen LogP contribution >= 0.6 is 0 Å². The summed E-state index contributed by atoms with van der Waals surface area (Å²) in [6.45, 7) is 2.07. The van der Waals surface area contributed by atoms with E-state index in [2.05, 4.69) is 24.2 Å². The summed E-state index contributed by atoms with van der Waals surface area (Å²) < 4.78 is 7.06. The number of hydrogen-bond donors (Lipinski definition) is 0. The van der Waals surface area contributed by atoms with Crippen LogP contribution < -0.4 is 0 Å². The zero-order chi connectivity index (χ0) is 10.3. The van der Waals surface area contributed by atoms with Gasteiger partial charge < -0.3 is 8.82 Å². The van der Waals surface area contributed by atoms with Crippen LogP contribution in [-0.2, 0) is 0 Å². The van der Waals surface area contributed by atoms with E-state index in [0.717, 1.165) is 16.9 Å². The molecular formula is C12H10N2O. The minimum Gasteiger partial charge on any atom is -0.472 e. The predicted molar refractivity (Wildman–Crippen MR) is 57.6 cm³/mol. The van der Waals surface area contributed by atoms with Crippen molar-refractivity contribution in [2.45, 2.75) is 6.92 Å². The number of hydrogen-bond acceptors (Lipinski definition) is 2. The van der Waals surface area contributed by atoms with Crippen LogP contribution in [0.3, 0.4) is 0 Å². The molecule has 0 fully saturated rings. The molecule has 0 bridgehead atoms. The Bertz CT molecular complexity index is 593. The van der Waals surface area contributed by atoms with E-state index < -0.39 is 0 Å². The largest absolute Gasteiger partial charge is 0.472 e. The molecule has 0 amide bonds. The Labute approximate surface area is 87.0 Å². The van der Waals surface area contributed by atoms with E-state index in [-0.39, 0.29) is 0 Å². The fourth-order valence-corrected chi connectivity index (χ4v) is 1.65. The molecule has 0 saturated heterocycles. The Morgan fingerprint density at radius 1 is 1.20 bits per heavy atom. The van der Waals surface area contributed by atoms with Crippen molar-refractivity contribution in [3.05, 3.63) is 48.7 Å². The molecule has 3 rings (SSSR count). The van der Waals surface area contributed by atoms with Crippen LogP contribution in [-0.4, -0.2) is 9.38 Å². The summed E-state index contributed by atoms with van der Waals surface area (Å²) in [4.78, 5) is 4.50. The van der Waals surface area contributed by atoms with Crippen molar-refractivity contribution in [3.63, 3.8) is 0 Å². The van der Waals surface area contributed by atoms with Crippen LogP contribution in [0.5, 0.6) is 0 Å². The van der Waals surface area contributed by atoms with Gasteiger partial charge in [-0.3, -0.25) is 0 Å². The molecule has 0 aliphatic heterocycles. The minimum atomic E-state index is 0.939. The van der Waals surface area contributed by atoms with Gasteiger partial charge in [0.1, 0.15) is 5.65 Å². The van der Waals surface area contributed by atoms with Gasteiger partial charge in [-0.05, 0) is 24.6 Å². The first kappa shape index (κ1) is 8.29. The van der Waals surface area contributed by atoms with E-state index in [1.54, 1.807) is 12.5 Å². The molecule has 3 heteroatoms. The molecule has 3 heterocycles. The van der Waals surface area contributed by atoms with E-state index in [9.17, 15) is 0 Å². The molecule has 0 saturated carbocycles. The highest BCUT2D eigenvalue weighted by molar-refractivity contribution is 5.61. The van der Waals surface area contributed by atoms with Crippen molar-refractivity contribution in [2.24, 2.45) is 0 Å². The SMILES string of the molecule is Cc1ccc2nc(-c3ccoc3)cn2c1. The van der Waals surface area contributed by atoms with Crippen molar-refractivity contribution in [1.82, 2.24) is 9.38 Å². The maximum absolute atomic E-state index is 5.04. The molecule has 15 heavy (non-hydrogen) atoms. The normalized spacial score (nSPS) is 11.0. The summed E-state index contributed by atoms with van der Waals surface area (Å²) in [5.41, 5.74) is 4.13. The molecule has 3 nitrogen and oxygen atoms in total. The van der Waals surface area contributed by atoms with Crippen LogP contribution in [0, 0.1) is 6.92 Å². The van der Waals surface area contributed by atoms with Gasteiger partial charge in [-0.25, -0.2) is 4.98 Å². The maximum atomic E-state index is 5.04. The van der Waals surface area contributed by atoms with Crippen LogP contribution in [0.15, 0.2) is 47.5 Å². The number of furan rings is 1. The summed E-state index contributed by atoms with van der Waals surface area (Å²) in [5.74, 6) is 0. The Kier molecular flexibility index (Phi) is 1.65. The fourth-order valence-electron chi connectivity index (χ4n) is 1.65. The highest BCUT2D eigenvalue weighted by atomic mass is 16.3. The first-order chi connectivity index (χ1) is 7.33. The highest BCUT2D eigenvalue weighted by Crippen LogP contribution is 2.19. The topological polar surface area (TPSA) is 30.4 Å². The second kappa shape index (κ2) is 2.98. The van der Waals surface area contributed by atoms with Crippen LogP contribution in [0.4, 0.5) is 0 Å². The number of pyridine rings is 1. The van der Waals surface area contributed by atoms with E-state index in [4.69, 9.17) is 4.42 Å². The van der Waals surface area contributed by atoms with Crippen LogP contribution in [0.1, 0.15) is 5.56 Å². The molecule has 3 aromatic heterocycles. The van der Waals surface area contributed by atoms with Gasteiger partial charge in [0.15, 0.2) is 0 Å². The lowest BCUT2D eigenvalue weighted by atomic mass is 10.3. The second-order valence-electron chi connectivity index (χ2n) is 3.61. The molecule has 74 valence electrons. The molecule has 3 aromatic rings. The van der Waals surface area contributed by atoms with E-state index in [1.165, 1.54) is 5.56 Å². The van der Waals surface area contributed by atoms with E-state index in [1.807, 2.05) is 22.7 Å². The van der Waals surface area contributed by atoms with Crippen molar-refractivity contribution in [1.29, 1.82) is 0 Å². The fraction of sp³-hybridized carbons (Fsp3) is 0.0833. The third-order valence-electron chi connectivity index (χ3n) is 2.42. The van der Waals surface area contributed by atoms with Gasteiger partial charge in [-0.1, -0.05) is 6.07 Å². The third kappa shape index (κ3) is 1.32. The average Bonchev–Trinajstić information content (AvgIpc) is 2.84. The zero-order valence-electron chi connectivity index (χ0n) is 8.34. The molecule has 0 atom stereocenters. The summed E-state index contributed by atoms with van der Waals surface area (Å²) >= 11 is 0. The lowest BCUT2D eigenvalue weighted by Crippen LogP contribution is -1.82. The molecular weight excluding hydrogens is 188 g/mol. The average molecular weight is 198 g/mol. The van der Waals surface area contributed by atoms with E-state index >= 15 is 0 Å². The summed E-state index contributed by atoms with van der Waals surface area (Å²) in [5, 5.41) is 0. The molecule has 0 N–H and O–H groups in total. The predicted octanol–water partition coefficient (Wildman–Crippen LogP) is 2.90. The quantitative estimate of drug-likeness (QED) is 0.601. The monoisotopic (exact) mass is 198 g/mol. The third-order valence-corrected chi connectivity index (χ3v) is 2.42. The molecule has 0 spiro atoms. The van der Waals surface area contributed by atoms with Gasteiger partial charge in [0.05, 0.1) is 18.2 Å². The van der Waals surface area contributed by atoms with Crippen molar-refractivity contribution in [2.75, 3.05) is 0 Å². The number of imidazole rings is 1. The molecule has 0 aliphatic carbocycles. The Balaban J connectivity index is 2.22. The molecule has 0 unspecified atom stereocenters. The smallest absolute Gasteiger partial charge is 0.137 e. The Hall–Kier alpha value is -2.03. The summed E-state index contributed by atoms with van der Waals surface area (Å²) in [6, 6.07) is 5.98.